The average Bonchev–Trinajstić information content (AvgIpc) is 3.17. The molecule has 2 aromatic heterocycles. The number of fused-ring (bicyclic) bond motifs is 1. The molecule has 1 fully saturated rings. The number of aromatic nitrogens is 5. The van der Waals surface area contributed by atoms with Crippen LogP contribution in [0.5, 0.6) is 0 Å². The molecular weight excluding hydrogens is 329 g/mol. The summed E-state index contributed by atoms with van der Waals surface area (Å²) < 4.78 is 13.6. The van der Waals surface area contributed by atoms with E-state index in [1.54, 1.807) is 13.0 Å². The van der Waals surface area contributed by atoms with E-state index in [0.717, 1.165) is 45.9 Å². The Labute approximate surface area is 149 Å². The lowest BCUT2D eigenvalue weighted by Crippen LogP contribution is -1.89. The minimum Gasteiger partial charge on any atom is -0.277 e. The minimum absolute atomic E-state index is 0.210. The number of halogens is 1. The molecule has 0 aliphatic heterocycles. The number of hydrogen-bond donors (Lipinski definition) is 2. The van der Waals surface area contributed by atoms with Crippen LogP contribution in [0.3, 0.4) is 0 Å². The fourth-order valence-corrected chi connectivity index (χ4v) is 3.28. The summed E-state index contributed by atoms with van der Waals surface area (Å²) in [4.78, 5) is 4.63. The number of nitrogens with zero attached hydrogens (tertiary/aromatic N) is 3. The molecule has 26 heavy (non-hydrogen) atoms. The zero-order valence-electron chi connectivity index (χ0n) is 14.4. The van der Waals surface area contributed by atoms with Gasteiger partial charge in [0.05, 0.1) is 11.2 Å². The van der Waals surface area contributed by atoms with E-state index in [2.05, 4.69) is 25.4 Å². The molecule has 2 aromatic carbocycles. The number of benzene rings is 2. The molecule has 0 saturated heterocycles. The maximum absolute atomic E-state index is 13.6. The third kappa shape index (κ3) is 2.67. The van der Waals surface area contributed by atoms with Crippen molar-refractivity contribution in [2.75, 3.05) is 0 Å². The normalized spacial score (nSPS) is 14.2. The summed E-state index contributed by atoms with van der Waals surface area (Å²) in [6.45, 7) is 1.76. The Morgan fingerprint density at radius 3 is 2.69 bits per heavy atom. The first-order chi connectivity index (χ1) is 12.7. The van der Waals surface area contributed by atoms with Gasteiger partial charge in [0, 0.05) is 22.9 Å². The van der Waals surface area contributed by atoms with Crippen LogP contribution in [-0.2, 0) is 6.42 Å². The zero-order valence-corrected chi connectivity index (χ0v) is 14.4. The monoisotopic (exact) mass is 347 g/mol. The number of rotatable bonds is 4. The van der Waals surface area contributed by atoms with Gasteiger partial charge in [0.15, 0.2) is 5.82 Å². The maximum atomic E-state index is 13.6. The Morgan fingerprint density at radius 1 is 1.04 bits per heavy atom. The fraction of sp³-hybridized carbons (Fsp3) is 0.250. The molecule has 0 unspecified atom stereocenters. The Bertz CT molecular complexity index is 1110. The molecule has 6 heteroatoms. The van der Waals surface area contributed by atoms with Crippen molar-refractivity contribution in [1.29, 1.82) is 0 Å². The van der Waals surface area contributed by atoms with Crippen molar-refractivity contribution in [3.8, 4) is 22.6 Å². The molecule has 4 aromatic rings. The van der Waals surface area contributed by atoms with Crippen molar-refractivity contribution in [2.24, 2.45) is 5.92 Å². The van der Waals surface area contributed by atoms with Crippen LogP contribution < -0.4 is 0 Å². The first kappa shape index (κ1) is 15.3. The van der Waals surface area contributed by atoms with Gasteiger partial charge in [0.25, 0.3) is 0 Å². The van der Waals surface area contributed by atoms with Crippen LogP contribution in [0.1, 0.15) is 24.2 Å². The lowest BCUT2D eigenvalue weighted by atomic mass is 10.0. The minimum atomic E-state index is -0.210. The van der Waals surface area contributed by atoms with E-state index >= 15 is 0 Å². The zero-order chi connectivity index (χ0) is 17.7. The Balaban J connectivity index is 1.55. The quantitative estimate of drug-likeness (QED) is 0.574. The molecular formula is C20H18FN5. The van der Waals surface area contributed by atoms with Crippen LogP contribution in [0, 0.1) is 18.7 Å². The number of hydrogen-bond acceptors (Lipinski definition) is 3. The van der Waals surface area contributed by atoms with Gasteiger partial charge in [0.2, 0.25) is 0 Å². The van der Waals surface area contributed by atoms with Crippen molar-refractivity contribution in [3.05, 3.63) is 53.6 Å². The molecule has 2 heterocycles. The second-order valence-corrected chi connectivity index (χ2v) is 7.05. The molecule has 0 radical (unpaired) electrons. The molecule has 1 saturated carbocycles. The Kier molecular flexibility index (Phi) is 3.38. The van der Waals surface area contributed by atoms with Crippen molar-refractivity contribution in [1.82, 2.24) is 25.4 Å². The number of nitrogens with one attached hydrogen (secondary N) is 2. The van der Waals surface area contributed by atoms with Crippen LogP contribution in [0.25, 0.3) is 33.5 Å². The summed E-state index contributed by atoms with van der Waals surface area (Å²) >= 11 is 0. The molecule has 0 amide bonds. The standard InChI is InChI=1S/C20H18FN5/c1-11-8-13(4-6-16(11)21)19-15-10-14(5-7-17(15)23-25-19)20-22-18(24-26-20)9-12-2-3-12/h4-8,10,12H,2-3,9H2,1H3,(H,23,25)(H,22,24,26). The molecule has 130 valence electrons. The predicted octanol–water partition coefficient (Wildman–Crippen LogP) is 4.42. The van der Waals surface area contributed by atoms with Gasteiger partial charge in [-0.25, -0.2) is 9.37 Å². The van der Waals surface area contributed by atoms with Gasteiger partial charge in [0.1, 0.15) is 11.6 Å². The van der Waals surface area contributed by atoms with E-state index in [1.165, 1.54) is 18.9 Å². The second-order valence-electron chi connectivity index (χ2n) is 7.05. The highest BCUT2D eigenvalue weighted by atomic mass is 19.1. The first-order valence-electron chi connectivity index (χ1n) is 8.83. The van der Waals surface area contributed by atoms with Gasteiger partial charge in [-0.05, 0) is 67.6 Å². The van der Waals surface area contributed by atoms with Crippen molar-refractivity contribution < 1.29 is 4.39 Å². The highest BCUT2D eigenvalue weighted by molar-refractivity contribution is 5.95. The van der Waals surface area contributed by atoms with E-state index in [-0.39, 0.29) is 5.82 Å². The molecule has 5 nitrogen and oxygen atoms in total. The smallest absolute Gasteiger partial charge is 0.181 e. The van der Waals surface area contributed by atoms with E-state index in [4.69, 9.17) is 0 Å². The first-order valence-corrected chi connectivity index (χ1v) is 8.83. The lowest BCUT2D eigenvalue weighted by Gasteiger charge is -2.02. The number of H-pyrrole nitrogens is 2. The third-order valence-corrected chi connectivity index (χ3v) is 4.96. The summed E-state index contributed by atoms with van der Waals surface area (Å²) in [5.74, 6) is 2.20. The largest absolute Gasteiger partial charge is 0.277 e. The average molecular weight is 347 g/mol. The SMILES string of the molecule is Cc1cc(-c2n[nH]c3ccc(-c4n[nH]c(CC5CC5)n4)cc23)ccc1F. The van der Waals surface area contributed by atoms with Crippen LogP contribution in [0.15, 0.2) is 36.4 Å². The topological polar surface area (TPSA) is 70.2 Å². The molecule has 1 aliphatic rings. The fourth-order valence-electron chi connectivity index (χ4n) is 3.28. The van der Waals surface area contributed by atoms with Gasteiger partial charge in [-0.2, -0.15) is 10.2 Å². The van der Waals surface area contributed by atoms with Gasteiger partial charge >= 0.3 is 0 Å². The van der Waals surface area contributed by atoms with Crippen LogP contribution >= 0.6 is 0 Å². The predicted molar refractivity (Wildman–Crippen MR) is 98.0 cm³/mol. The van der Waals surface area contributed by atoms with Crippen LogP contribution in [0.4, 0.5) is 4.39 Å². The highest BCUT2D eigenvalue weighted by Crippen LogP contribution is 2.33. The van der Waals surface area contributed by atoms with Crippen molar-refractivity contribution in [2.45, 2.75) is 26.2 Å². The molecule has 0 atom stereocenters. The Morgan fingerprint density at radius 2 is 1.88 bits per heavy atom. The van der Waals surface area contributed by atoms with Gasteiger partial charge in [-0.15, -0.1) is 0 Å². The van der Waals surface area contributed by atoms with E-state index in [0.29, 0.717) is 11.4 Å². The molecule has 2 N–H and O–H groups in total. The summed E-state index contributed by atoms with van der Waals surface area (Å²) in [6.07, 6.45) is 3.55. The van der Waals surface area contributed by atoms with Crippen molar-refractivity contribution >= 4 is 10.9 Å². The van der Waals surface area contributed by atoms with Crippen LogP contribution in [0.2, 0.25) is 0 Å². The third-order valence-electron chi connectivity index (χ3n) is 4.96. The highest BCUT2D eigenvalue weighted by Gasteiger charge is 2.23. The lowest BCUT2D eigenvalue weighted by molar-refractivity contribution is 0.619. The molecule has 1 aliphatic carbocycles. The van der Waals surface area contributed by atoms with E-state index in [1.807, 2.05) is 24.3 Å². The van der Waals surface area contributed by atoms with E-state index in [9.17, 15) is 4.39 Å². The maximum Gasteiger partial charge on any atom is 0.181 e. The second kappa shape index (κ2) is 5.76. The number of aryl methyl sites for hydroxylation is 1. The molecule has 5 rings (SSSR count). The molecule has 0 spiro atoms. The van der Waals surface area contributed by atoms with Gasteiger partial charge < -0.3 is 0 Å². The summed E-state index contributed by atoms with van der Waals surface area (Å²) in [6, 6.07) is 11.1. The summed E-state index contributed by atoms with van der Waals surface area (Å²) in [7, 11) is 0. The van der Waals surface area contributed by atoms with Gasteiger partial charge in [-0.1, -0.05) is 0 Å². The van der Waals surface area contributed by atoms with Gasteiger partial charge in [-0.3, -0.25) is 10.2 Å². The summed E-state index contributed by atoms with van der Waals surface area (Å²) in [5.41, 5.74) is 4.17. The summed E-state index contributed by atoms with van der Waals surface area (Å²) in [5, 5.41) is 15.9. The number of aromatic amines is 2. The Hall–Kier alpha value is -3.02. The van der Waals surface area contributed by atoms with Crippen molar-refractivity contribution in [3.63, 3.8) is 0 Å². The molecule has 0 bridgehead atoms. The van der Waals surface area contributed by atoms with E-state index < -0.39 is 0 Å². The van der Waals surface area contributed by atoms with Crippen LogP contribution in [-0.4, -0.2) is 25.4 Å².